The standard InChI is InChI=1S/C11H8ClNO4/c1-5-2-6(12)3-7(10(5)14)8-4-9(11(15)16)17-13-8/h2-4,14H,1H3,(H,15,16). The summed E-state index contributed by atoms with van der Waals surface area (Å²) in [5.41, 5.74) is 1.14. The fraction of sp³-hybridized carbons (Fsp3) is 0.0909. The fourth-order valence-electron chi connectivity index (χ4n) is 1.43. The van der Waals surface area contributed by atoms with Crippen molar-refractivity contribution in [3.05, 3.63) is 34.5 Å². The molecular weight excluding hydrogens is 246 g/mol. The summed E-state index contributed by atoms with van der Waals surface area (Å²) in [6.07, 6.45) is 0. The number of hydrogen-bond acceptors (Lipinski definition) is 4. The van der Waals surface area contributed by atoms with E-state index in [-0.39, 0.29) is 17.2 Å². The number of halogens is 1. The number of phenols is 1. The van der Waals surface area contributed by atoms with Gasteiger partial charge >= 0.3 is 5.97 Å². The Hall–Kier alpha value is -2.01. The Kier molecular flexibility index (Phi) is 2.77. The molecule has 6 heteroatoms. The summed E-state index contributed by atoms with van der Waals surface area (Å²) >= 11 is 5.86. The quantitative estimate of drug-likeness (QED) is 0.860. The Morgan fingerprint density at radius 2 is 2.12 bits per heavy atom. The second-order valence-corrected chi connectivity index (χ2v) is 3.94. The van der Waals surface area contributed by atoms with Crippen LogP contribution < -0.4 is 0 Å². The van der Waals surface area contributed by atoms with Crippen molar-refractivity contribution in [1.29, 1.82) is 0 Å². The number of aromatic nitrogens is 1. The lowest BCUT2D eigenvalue weighted by atomic mass is 10.1. The number of carboxylic acid groups (broad SMARTS) is 1. The SMILES string of the molecule is Cc1cc(Cl)cc(-c2cc(C(=O)O)on2)c1O. The summed E-state index contributed by atoms with van der Waals surface area (Å²) in [7, 11) is 0. The first-order valence-electron chi connectivity index (χ1n) is 4.68. The first-order chi connectivity index (χ1) is 7.99. The summed E-state index contributed by atoms with van der Waals surface area (Å²) in [5.74, 6) is -1.52. The van der Waals surface area contributed by atoms with Gasteiger partial charge in [0.1, 0.15) is 11.4 Å². The van der Waals surface area contributed by atoms with Crippen LogP contribution in [0.5, 0.6) is 5.75 Å². The minimum atomic E-state index is -1.22. The van der Waals surface area contributed by atoms with Gasteiger partial charge in [-0.2, -0.15) is 0 Å². The van der Waals surface area contributed by atoms with Gasteiger partial charge in [0, 0.05) is 16.7 Å². The number of carboxylic acids is 1. The highest BCUT2D eigenvalue weighted by Gasteiger charge is 2.16. The zero-order chi connectivity index (χ0) is 12.6. The van der Waals surface area contributed by atoms with Crippen molar-refractivity contribution in [3.63, 3.8) is 0 Å². The third-order valence-corrected chi connectivity index (χ3v) is 2.48. The Morgan fingerprint density at radius 3 is 2.71 bits per heavy atom. The predicted molar refractivity (Wildman–Crippen MR) is 60.3 cm³/mol. The lowest BCUT2D eigenvalue weighted by molar-refractivity contribution is 0.0652. The van der Waals surface area contributed by atoms with Gasteiger partial charge in [-0.15, -0.1) is 0 Å². The third-order valence-electron chi connectivity index (χ3n) is 2.26. The maximum absolute atomic E-state index is 10.6. The molecule has 0 saturated carbocycles. The molecule has 88 valence electrons. The molecule has 0 spiro atoms. The molecule has 1 aromatic heterocycles. The second-order valence-electron chi connectivity index (χ2n) is 3.50. The van der Waals surface area contributed by atoms with Crippen LogP contribution in [0.15, 0.2) is 22.7 Å². The first kappa shape index (κ1) is 11.5. The lowest BCUT2D eigenvalue weighted by Crippen LogP contribution is -1.91. The Labute approximate surface area is 101 Å². The van der Waals surface area contributed by atoms with Crippen LogP contribution in [0, 0.1) is 6.92 Å². The highest BCUT2D eigenvalue weighted by Crippen LogP contribution is 2.34. The molecule has 0 aliphatic heterocycles. The largest absolute Gasteiger partial charge is 0.507 e. The van der Waals surface area contributed by atoms with E-state index in [4.69, 9.17) is 16.7 Å². The highest BCUT2D eigenvalue weighted by molar-refractivity contribution is 6.31. The molecule has 2 aromatic rings. The van der Waals surface area contributed by atoms with Gasteiger partial charge < -0.3 is 14.7 Å². The monoisotopic (exact) mass is 253 g/mol. The van der Waals surface area contributed by atoms with E-state index in [0.29, 0.717) is 16.1 Å². The molecule has 0 bridgehead atoms. The second kappa shape index (κ2) is 4.10. The van der Waals surface area contributed by atoms with Gasteiger partial charge in [0.15, 0.2) is 0 Å². The molecule has 0 amide bonds. The van der Waals surface area contributed by atoms with Crippen LogP contribution in [0.2, 0.25) is 5.02 Å². The van der Waals surface area contributed by atoms with Gasteiger partial charge in [-0.05, 0) is 24.6 Å². The van der Waals surface area contributed by atoms with Gasteiger partial charge in [0.2, 0.25) is 5.76 Å². The van der Waals surface area contributed by atoms with Gasteiger partial charge in [0.25, 0.3) is 0 Å². The fourth-order valence-corrected chi connectivity index (χ4v) is 1.71. The molecule has 2 N–H and O–H groups in total. The minimum absolute atomic E-state index is 0.000334. The number of aromatic hydroxyl groups is 1. The van der Waals surface area contributed by atoms with E-state index < -0.39 is 5.97 Å². The molecule has 17 heavy (non-hydrogen) atoms. The number of aryl methyl sites for hydroxylation is 1. The summed E-state index contributed by atoms with van der Waals surface area (Å²) in [4.78, 5) is 10.6. The first-order valence-corrected chi connectivity index (χ1v) is 5.06. The van der Waals surface area contributed by atoms with Crippen molar-refractivity contribution in [2.45, 2.75) is 6.92 Å². The number of hydrogen-bond donors (Lipinski definition) is 2. The molecule has 0 aliphatic carbocycles. The van der Waals surface area contributed by atoms with E-state index in [1.54, 1.807) is 13.0 Å². The maximum atomic E-state index is 10.6. The molecule has 2 rings (SSSR count). The number of benzene rings is 1. The molecule has 0 unspecified atom stereocenters. The van der Waals surface area contributed by atoms with E-state index >= 15 is 0 Å². The number of aromatic carboxylic acids is 1. The van der Waals surface area contributed by atoms with Gasteiger partial charge in [0.05, 0.1) is 0 Å². The number of carbonyl (C=O) groups is 1. The van der Waals surface area contributed by atoms with Gasteiger partial charge in [-0.1, -0.05) is 16.8 Å². The van der Waals surface area contributed by atoms with E-state index in [1.165, 1.54) is 12.1 Å². The van der Waals surface area contributed by atoms with E-state index in [2.05, 4.69) is 9.68 Å². The van der Waals surface area contributed by atoms with Crippen LogP contribution in [0.3, 0.4) is 0 Å². The summed E-state index contributed by atoms with van der Waals surface area (Å²) in [6, 6.07) is 4.32. The number of nitrogens with zero attached hydrogens (tertiary/aromatic N) is 1. The van der Waals surface area contributed by atoms with Crippen LogP contribution in [0.4, 0.5) is 0 Å². The van der Waals surface area contributed by atoms with E-state index in [1.807, 2.05) is 0 Å². The van der Waals surface area contributed by atoms with Crippen LogP contribution in [0.25, 0.3) is 11.3 Å². The molecule has 5 nitrogen and oxygen atoms in total. The molecule has 0 atom stereocenters. The molecule has 1 heterocycles. The average molecular weight is 254 g/mol. The van der Waals surface area contributed by atoms with Crippen molar-refractivity contribution in [3.8, 4) is 17.0 Å². The van der Waals surface area contributed by atoms with Gasteiger partial charge in [-0.25, -0.2) is 4.79 Å². The Balaban J connectivity index is 2.56. The normalized spacial score (nSPS) is 10.5. The topological polar surface area (TPSA) is 83.6 Å². The lowest BCUT2D eigenvalue weighted by Gasteiger charge is -2.04. The van der Waals surface area contributed by atoms with Crippen molar-refractivity contribution >= 4 is 17.6 Å². The number of rotatable bonds is 2. The minimum Gasteiger partial charge on any atom is -0.507 e. The van der Waals surface area contributed by atoms with Crippen LogP contribution >= 0.6 is 11.6 Å². The highest BCUT2D eigenvalue weighted by atomic mass is 35.5. The third kappa shape index (κ3) is 2.09. The summed E-state index contributed by atoms with van der Waals surface area (Å²) in [6.45, 7) is 1.68. The van der Waals surface area contributed by atoms with Crippen LogP contribution in [-0.4, -0.2) is 21.3 Å². The molecule has 0 aliphatic rings. The van der Waals surface area contributed by atoms with Gasteiger partial charge in [-0.3, -0.25) is 0 Å². The molecular formula is C11H8ClNO4. The summed E-state index contributed by atoms with van der Waals surface area (Å²) in [5, 5.41) is 22.5. The van der Waals surface area contributed by atoms with Crippen molar-refractivity contribution in [1.82, 2.24) is 5.16 Å². The molecule has 0 fully saturated rings. The molecule has 0 saturated heterocycles. The zero-order valence-electron chi connectivity index (χ0n) is 8.77. The summed E-state index contributed by atoms with van der Waals surface area (Å²) < 4.78 is 4.61. The van der Waals surface area contributed by atoms with Crippen LogP contribution in [-0.2, 0) is 0 Å². The average Bonchev–Trinajstić information content (AvgIpc) is 2.72. The van der Waals surface area contributed by atoms with E-state index in [0.717, 1.165) is 0 Å². The predicted octanol–water partition coefficient (Wildman–Crippen LogP) is 2.71. The Bertz CT molecular complexity index is 591. The van der Waals surface area contributed by atoms with E-state index in [9.17, 15) is 9.90 Å². The van der Waals surface area contributed by atoms with Crippen LogP contribution in [0.1, 0.15) is 16.1 Å². The van der Waals surface area contributed by atoms with Crippen molar-refractivity contribution in [2.24, 2.45) is 0 Å². The maximum Gasteiger partial charge on any atom is 0.374 e. The van der Waals surface area contributed by atoms with Crippen molar-refractivity contribution in [2.75, 3.05) is 0 Å². The van der Waals surface area contributed by atoms with Crippen molar-refractivity contribution < 1.29 is 19.5 Å². The smallest absolute Gasteiger partial charge is 0.374 e. The number of phenolic OH excluding ortho intramolecular Hbond substituents is 1. The molecule has 0 radical (unpaired) electrons. The molecule has 1 aromatic carbocycles. The zero-order valence-corrected chi connectivity index (χ0v) is 9.52. The Morgan fingerprint density at radius 1 is 1.41 bits per heavy atom.